The Morgan fingerprint density at radius 2 is 1.69 bits per heavy atom. The summed E-state index contributed by atoms with van der Waals surface area (Å²) in [6, 6.07) is 15.1. The van der Waals surface area contributed by atoms with Crippen LogP contribution in [-0.2, 0) is 26.2 Å². The van der Waals surface area contributed by atoms with Crippen molar-refractivity contribution in [2.75, 3.05) is 23.7 Å². The fourth-order valence-corrected chi connectivity index (χ4v) is 4.23. The highest BCUT2D eigenvalue weighted by atomic mass is 79.9. The lowest BCUT2D eigenvalue weighted by Gasteiger charge is -2.31. The van der Waals surface area contributed by atoms with E-state index in [1.165, 1.54) is 4.90 Å². The second-order valence-electron chi connectivity index (χ2n) is 7.57. The van der Waals surface area contributed by atoms with Gasteiger partial charge in [0.1, 0.15) is 12.6 Å². The lowest BCUT2D eigenvalue weighted by molar-refractivity contribution is -0.139. The summed E-state index contributed by atoms with van der Waals surface area (Å²) in [4.78, 5) is 27.5. The zero-order chi connectivity index (χ0) is 23.7. The summed E-state index contributed by atoms with van der Waals surface area (Å²) in [5, 5.41) is 2.86. The zero-order valence-corrected chi connectivity index (χ0v) is 21.0. The number of nitrogens with one attached hydrogen (secondary N) is 1. The summed E-state index contributed by atoms with van der Waals surface area (Å²) >= 11 is 3.39. The Balaban J connectivity index is 2.30. The van der Waals surface area contributed by atoms with Gasteiger partial charge in [-0.2, -0.15) is 0 Å². The molecule has 2 aromatic carbocycles. The highest BCUT2D eigenvalue weighted by Gasteiger charge is 2.29. The number of unbranched alkanes of at least 4 members (excludes halogenated alkanes) is 1. The molecule has 2 aromatic rings. The molecule has 0 aliphatic carbocycles. The van der Waals surface area contributed by atoms with Crippen molar-refractivity contribution < 1.29 is 18.0 Å². The number of anilines is 1. The molecule has 32 heavy (non-hydrogen) atoms. The maximum absolute atomic E-state index is 13.4. The molecule has 2 rings (SSSR count). The molecule has 1 N–H and O–H groups in total. The van der Waals surface area contributed by atoms with Gasteiger partial charge in [-0.15, -0.1) is 0 Å². The van der Waals surface area contributed by atoms with E-state index in [2.05, 4.69) is 21.2 Å². The summed E-state index contributed by atoms with van der Waals surface area (Å²) in [5.74, 6) is -0.727. The van der Waals surface area contributed by atoms with Crippen molar-refractivity contribution in [1.29, 1.82) is 0 Å². The number of hydrogen-bond donors (Lipinski definition) is 1. The maximum Gasteiger partial charge on any atom is 0.244 e. The Hall–Kier alpha value is -2.39. The minimum atomic E-state index is -3.71. The standard InChI is InChI=1S/C23H30BrN3O4S/c1-4-5-15-25-23(29)18(2)26(16-19-11-13-20(24)14-12-19)22(28)17-27(32(3,30)31)21-9-7-6-8-10-21/h6-14,18H,4-5,15-17H2,1-3H3,(H,25,29). The van der Waals surface area contributed by atoms with E-state index >= 15 is 0 Å². The maximum atomic E-state index is 13.4. The second kappa shape index (κ2) is 12.0. The number of carbonyl (C=O) groups excluding carboxylic acids is 2. The SMILES string of the molecule is CCCCNC(=O)C(C)N(Cc1ccc(Br)cc1)C(=O)CN(c1ccccc1)S(C)(=O)=O. The van der Waals surface area contributed by atoms with Crippen LogP contribution in [0.5, 0.6) is 0 Å². The average Bonchev–Trinajstić information content (AvgIpc) is 2.76. The van der Waals surface area contributed by atoms with E-state index in [4.69, 9.17) is 0 Å². The van der Waals surface area contributed by atoms with Gasteiger partial charge in [0, 0.05) is 17.6 Å². The van der Waals surface area contributed by atoms with Crippen LogP contribution in [0.2, 0.25) is 0 Å². The monoisotopic (exact) mass is 523 g/mol. The minimum Gasteiger partial charge on any atom is -0.354 e. The van der Waals surface area contributed by atoms with Gasteiger partial charge in [-0.25, -0.2) is 8.42 Å². The molecule has 0 heterocycles. The molecule has 0 fully saturated rings. The normalized spacial score (nSPS) is 12.1. The molecule has 0 spiro atoms. The van der Waals surface area contributed by atoms with E-state index in [1.54, 1.807) is 37.3 Å². The third-order valence-electron chi connectivity index (χ3n) is 4.99. The minimum absolute atomic E-state index is 0.181. The molecule has 0 aliphatic heterocycles. The lowest BCUT2D eigenvalue weighted by atomic mass is 10.1. The van der Waals surface area contributed by atoms with Gasteiger partial charge in [-0.3, -0.25) is 13.9 Å². The summed E-state index contributed by atoms with van der Waals surface area (Å²) in [6.07, 6.45) is 2.85. The quantitative estimate of drug-likeness (QED) is 0.456. The zero-order valence-electron chi connectivity index (χ0n) is 18.6. The van der Waals surface area contributed by atoms with Crippen LogP contribution in [0, 0.1) is 0 Å². The number of para-hydroxylation sites is 1. The van der Waals surface area contributed by atoms with Gasteiger partial charge in [0.15, 0.2) is 0 Å². The Labute approximate surface area is 199 Å². The molecule has 1 atom stereocenters. The van der Waals surface area contributed by atoms with E-state index in [0.717, 1.165) is 33.4 Å². The van der Waals surface area contributed by atoms with Crippen LogP contribution < -0.4 is 9.62 Å². The number of halogens is 1. The summed E-state index contributed by atoms with van der Waals surface area (Å²) < 4.78 is 26.8. The average molecular weight is 524 g/mol. The fourth-order valence-electron chi connectivity index (χ4n) is 3.11. The third kappa shape index (κ3) is 7.63. The molecule has 0 bridgehead atoms. The van der Waals surface area contributed by atoms with Gasteiger partial charge < -0.3 is 10.2 Å². The van der Waals surface area contributed by atoms with Crippen LogP contribution in [0.3, 0.4) is 0 Å². The largest absolute Gasteiger partial charge is 0.354 e. The van der Waals surface area contributed by atoms with Gasteiger partial charge in [0.05, 0.1) is 11.9 Å². The summed E-state index contributed by atoms with van der Waals surface area (Å²) in [5.41, 5.74) is 1.23. The van der Waals surface area contributed by atoms with Crippen molar-refractivity contribution in [3.8, 4) is 0 Å². The molecule has 0 aliphatic rings. The molecule has 2 amide bonds. The molecule has 174 valence electrons. The summed E-state index contributed by atoms with van der Waals surface area (Å²) in [7, 11) is -3.71. The lowest BCUT2D eigenvalue weighted by Crippen LogP contribution is -2.51. The Kier molecular flexibility index (Phi) is 9.71. The molecule has 0 saturated carbocycles. The molecule has 0 radical (unpaired) electrons. The van der Waals surface area contributed by atoms with Crippen molar-refractivity contribution >= 4 is 43.5 Å². The smallest absolute Gasteiger partial charge is 0.244 e. The number of nitrogens with zero attached hydrogens (tertiary/aromatic N) is 2. The number of carbonyl (C=O) groups is 2. The first-order valence-electron chi connectivity index (χ1n) is 10.5. The van der Waals surface area contributed by atoms with E-state index in [1.807, 2.05) is 31.2 Å². The van der Waals surface area contributed by atoms with Crippen molar-refractivity contribution in [2.24, 2.45) is 0 Å². The van der Waals surface area contributed by atoms with E-state index in [-0.39, 0.29) is 12.5 Å². The molecule has 7 nitrogen and oxygen atoms in total. The predicted octanol–water partition coefficient (Wildman–Crippen LogP) is 3.55. The highest BCUT2D eigenvalue weighted by molar-refractivity contribution is 9.10. The number of benzene rings is 2. The predicted molar refractivity (Wildman–Crippen MR) is 131 cm³/mol. The van der Waals surface area contributed by atoms with E-state index in [0.29, 0.717) is 12.2 Å². The van der Waals surface area contributed by atoms with Crippen LogP contribution in [0.15, 0.2) is 59.1 Å². The molecule has 9 heteroatoms. The molecule has 1 unspecified atom stereocenters. The second-order valence-corrected chi connectivity index (χ2v) is 10.4. The first-order chi connectivity index (χ1) is 15.1. The van der Waals surface area contributed by atoms with E-state index in [9.17, 15) is 18.0 Å². The summed E-state index contributed by atoms with van der Waals surface area (Å²) in [6.45, 7) is 4.00. The first-order valence-corrected chi connectivity index (χ1v) is 13.1. The highest BCUT2D eigenvalue weighted by Crippen LogP contribution is 2.19. The Bertz CT molecular complexity index is 998. The van der Waals surface area contributed by atoms with Gasteiger partial charge >= 0.3 is 0 Å². The van der Waals surface area contributed by atoms with Crippen molar-refractivity contribution in [3.63, 3.8) is 0 Å². The third-order valence-corrected chi connectivity index (χ3v) is 6.66. The Morgan fingerprint density at radius 1 is 1.06 bits per heavy atom. The van der Waals surface area contributed by atoms with E-state index < -0.39 is 28.5 Å². The van der Waals surface area contributed by atoms with Gasteiger partial charge in [0.2, 0.25) is 21.8 Å². The van der Waals surface area contributed by atoms with Gasteiger partial charge in [-0.05, 0) is 43.2 Å². The number of rotatable bonds is 11. The molecular weight excluding hydrogens is 494 g/mol. The molecule has 0 saturated heterocycles. The Morgan fingerprint density at radius 3 is 2.25 bits per heavy atom. The van der Waals surface area contributed by atoms with Gasteiger partial charge in [-0.1, -0.05) is 59.6 Å². The first kappa shape index (κ1) is 25.9. The van der Waals surface area contributed by atoms with Crippen LogP contribution in [0.4, 0.5) is 5.69 Å². The van der Waals surface area contributed by atoms with Gasteiger partial charge in [0.25, 0.3) is 0 Å². The van der Waals surface area contributed by atoms with Crippen LogP contribution in [0.1, 0.15) is 32.3 Å². The van der Waals surface area contributed by atoms with Crippen LogP contribution in [-0.4, -0.2) is 50.5 Å². The van der Waals surface area contributed by atoms with Crippen molar-refractivity contribution in [2.45, 2.75) is 39.3 Å². The molecular formula is C23H30BrN3O4S. The fraction of sp³-hybridized carbons (Fsp3) is 0.391. The topological polar surface area (TPSA) is 86.8 Å². The van der Waals surface area contributed by atoms with Crippen molar-refractivity contribution in [1.82, 2.24) is 10.2 Å². The van der Waals surface area contributed by atoms with Crippen LogP contribution >= 0.6 is 15.9 Å². The molecule has 0 aromatic heterocycles. The number of hydrogen-bond acceptors (Lipinski definition) is 4. The number of amides is 2. The number of sulfonamides is 1. The van der Waals surface area contributed by atoms with Crippen LogP contribution in [0.25, 0.3) is 0 Å². The van der Waals surface area contributed by atoms with Crippen molar-refractivity contribution in [3.05, 3.63) is 64.6 Å².